The highest BCUT2D eigenvalue weighted by Gasteiger charge is 2.39. The number of ketones is 1. The maximum absolute atomic E-state index is 14.6. The molecule has 1 aromatic carbocycles. The standard InChI is InChI=1S/C64H94N16O17S/c1-9-35(8)51-63(97)77-42(25-36-16-11-10-12-17-36)57(91)74-43(26-37-29-67-31-69-37)58(92)76-45(28-49(84)85)60(94)75-44(27-47(66)81)59(93)71-38(53(87)70-39(19-15-22-65)54(88)80-51)18-13-14-23-68-62(96)50(33(4)5)79-55(89)40(20-21-48(82)83)72-56(90)41(24-32(2)3)73-61(95)46-30-98-64(78-46)52(86)34(6)7/h10-12,16-17,29-35,38-45,50-51H,9,13-15,18-28,65H2,1-8H3,(H2,66,81)(H,67,69)(H,68,96)(H,70,87)(H,71,93)(H,72,90)(H,73,95)(H,74,91)(H,75,94)(H,76,92)(H,77,97)(H,79,89)(H,80,88)(H,82,83)(H,84,85)/t35-,38-,39+,40+,41-,42+,43-,44-,45+,50-,51-/m0/s1. The van der Waals surface area contributed by atoms with E-state index in [2.05, 4.69) is 73.4 Å². The van der Waals surface area contributed by atoms with Gasteiger partial charge in [-0.25, -0.2) is 9.97 Å². The number of carbonyl (C=O) groups is 15. The maximum atomic E-state index is 14.6. The van der Waals surface area contributed by atoms with Crippen molar-refractivity contribution in [1.82, 2.24) is 73.4 Å². The van der Waals surface area contributed by atoms with Crippen LogP contribution in [0.4, 0.5) is 0 Å². The van der Waals surface area contributed by atoms with Gasteiger partial charge < -0.3 is 85.1 Å². The van der Waals surface area contributed by atoms with Crippen LogP contribution in [0.1, 0.15) is 158 Å². The van der Waals surface area contributed by atoms with Crippen molar-refractivity contribution in [3.05, 3.63) is 70.2 Å². The number of hydrogen-bond donors (Lipinski definition) is 16. The summed E-state index contributed by atoms with van der Waals surface area (Å²) in [4.78, 5) is 217. The van der Waals surface area contributed by atoms with Crippen LogP contribution in [-0.4, -0.2) is 187 Å². The topological polar surface area (TPSA) is 522 Å². The largest absolute Gasteiger partial charge is 0.481 e. The number of carbonyl (C=O) groups excluding carboxylic acids is 13. The van der Waals surface area contributed by atoms with Gasteiger partial charge in [0.25, 0.3) is 5.91 Å². The predicted octanol–water partition coefficient (Wildman–Crippen LogP) is -1.35. The molecule has 0 unspecified atom stereocenters. The Hall–Kier alpha value is -9.73. The van der Waals surface area contributed by atoms with Gasteiger partial charge in [0.2, 0.25) is 65.0 Å². The number of carboxylic acid groups (broad SMARTS) is 2. The van der Waals surface area contributed by atoms with Crippen LogP contribution in [-0.2, 0) is 75.2 Å². The zero-order valence-corrected chi connectivity index (χ0v) is 57.1. The Bertz CT molecular complexity index is 3270. The Morgan fingerprint density at radius 3 is 1.72 bits per heavy atom. The van der Waals surface area contributed by atoms with E-state index < -0.39 is 187 Å². The monoisotopic (exact) mass is 1390 g/mol. The van der Waals surface area contributed by atoms with Crippen molar-refractivity contribution in [1.29, 1.82) is 0 Å². The first-order chi connectivity index (χ1) is 46.3. The number of amides is 12. The maximum Gasteiger partial charge on any atom is 0.305 e. The van der Waals surface area contributed by atoms with E-state index in [4.69, 9.17) is 11.5 Å². The highest BCUT2D eigenvalue weighted by atomic mass is 32.1. The van der Waals surface area contributed by atoms with Crippen LogP contribution >= 0.6 is 11.3 Å². The zero-order valence-electron chi connectivity index (χ0n) is 56.3. The number of hydrogen-bond acceptors (Lipinski definition) is 19. The number of Topliss-reactive ketones (excluding diaryl/α,β-unsaturated/α-hetero) is 1. The molecule has 3 heterocycles. The molecule has 18 N–H and O–H groups in total. The number of imidazole rings is 1. The third-order valence-corrected chi connectivity index (χ3v) is 16.7. The van der Waals surface area contributed by atoms with Crippen molar-refractivity contribution in [3.8, 4) is 0 Å². The number of benzene rings is 1. The van der Waals surface area contributed by atoms with Crippen LogP contribution in [0.15, 0.2) is 48.2 Å². The molecule has 11 atom stereocenters. The lowest BCUT2D eigenvalue weighted by Gasteiger charge is -2.29. The number of thiazole rings is 1. The van der Waals surface area contributed by atoms with Gasteiger partial charge >= 0.3 is 11.9 Å². The molecule has 1 aliphatic rings. The number of aliphatic carboxylic acids is 2. The van der Waals surface area contributed by atoms with E-state index >= 15 is 0 Å². The predicted molar refractivity (Wildman–Crippen MR) is 354 cm³/mol. The van der Waals surface area contributed by atoms with Gasteiger partial charge in [-0.05, 0) is 74.8 Å². The highest BCUT2D eigenvalue weighted by molar-refractivity contribution is 7.12. The summed E-state index contributed by atoms with van der Waals surface area (Å²) in [6.07, 6.45) is -0.803. The van der Waals surface area contributed by atoms with Crippen LogP contribution in [0, 0.1) is 23.7 Å². The Morgan fingerprint density at radius 2 is 1.17 bits per heavy atom. The quantitative estimate of drug-likeness (QED) is 0.0248. The SMILES string of the molecule is CC[C@H](C)[C@@H]1NC(=O)[C@@H](CCCN)NC(=O)[C@H](CCCCNC(=O)[C@@H](NC(=O)[C@@H](CCC(=O)O)NC(=O)[C@H](CC(C)C)NC(=O)c2csc(C(=O)C(C)C)n2)C(C)C)NC(=O)[C@H](CC(N)=O)NC(=O)[C@@H](CC(=O)O)NC(=O)[C@H](Cc2cnc[nH]2)NC(=O)[C@@H](Cc2ccccc2)NC1=O. The number of nitrogens with two attached hydrogens (primary N) is 2. The fourth-order valence-electron chi connectivity index (χ4n) is 10.2. The molecule has 3 aromatic rings. The fraction of sp³-hybridized carbons (Fsp3) is 0.578. The van der Waals surface area contributed by atoms with Crippen molar-refractivity contribution >= 4 is 99.9 Å². The van der Waals surface area contributed by atoms with Crippen molar-refractivity contribution < 1.29 is 82.1 Å². The molecule has 1 aliphatic heterocycles. The van der Waals surface area contributed by atoms with Crippen molar-refractivity contribution in [2.75, 3.05) is 13.1 Å². The van der Waals surface area contributed by atoms with E-state index in [1.807, 2.05) is 0 Å². The molecule has 538 valence electrons. The van der Waals surface area contributed by atoms with E-state index in [-0.39, 0.29) is 86.9 Å². The van der Waals surface area contributed by atoms with Crippen molar-refractivity contribution in [2.24, 2.45) is 35.1 Å². The second-order valence-corrected chi connectivity index (χ2v) is 26.0. The number of nitrogens with zero attached hydrogens (tertiary/aromatic N) is 2. The smallest absolute Gasteiger partial charge is 0.305 e. The number of primary amides is 1. The molecule has 0 radical (unpaired) electrons. The van der Waals surface area contributed by atoms with Crippen LogP contribution in [0.3, 0.4) is 0 Å². The lowest BCUT2D eigenvalue weighted by Crippen LogP contribution is -2.61. The number of aromatic nitrogens is 3. The Kier molecular flexibility index (Phi) is 33.0. The van der Waals surface area contributed by atoms with Gasteiger partial charge in [-0.2, -0.15) is 0 Å². The number of rotatable bonds is 33. The molecule has 33 nitrogen and oxygen atoms in total. The first-order valence-electron chi connectivity index (χ1n) is 32.6. The molecule has 4 rings (SSSR count). The summed E-state index contributed by atoms with van der Waals surface area (Å²) >= 11 is 0.959. The fourth-order valence-corrected chi connectivity index (χ4v) is 11.1. The molecular formula is C64H94N16O17S. The lowest BCUT2D eigenvalue weighted by molar-refractivity contribution is -0.142. The summed E-state index contributed by atoms with van der Waals surface area (Å²) < 4.78 is 0. The minimum absolute atomic E-state index is 0.0134. The lowest BCUT2D eigenvalue weighted by atomic mass is 9.96. The summed E-state index contributed by atoms with van der Waals surface area (Å²) in [5, 5.41) is 49.2. The summed E-state index contributed by atoms with van der Waals surface area (Å²) in [6, 6.07) is -7.09. The van der Waals surface area contributed by atoms with Crippen molar-refractivity contribution in [2.45, 2.75) is 199 Å². The number of H-pyrrole nitrogens is 1. The number of unbranched alkanes of at least 4 members (excludes halogenated alkanes) is 1. The molecule has 12 amide bonds. The Balaban J connectivity index is 1.66. The molecule has 34 heteroatoms. The number of carboxylic acids is 2. The van der Waals surface area contributed by atoms with E-state index in [0.717, 1.165) is 11.3 Å². The summed E-state index contributed by atoms with van der Waals surface area (Å²) in [5.41, 5.74) is 12.2. The average molecular weight is 1390 g/mol. The third kappa shape index (κ3) is 26.7. The molecule has 0 bridgehead atoms. The van der Waals surface area contributed by atoms with Gasteiger partial charge in [-0.15, -0.1) is 11.3 Å². The number of aromatic amines is 1. The van der Waals surface area contributed by atoms with E-state index in [1.165, 1.54) is 17.9 Å². The first-order valence-corrected chi connectivity index (χ1v) is 33.4. The molecule has 2 aromatic heterocycles. The van der Waals surface area contributed by atoms with Crippen LogP contribution in [0.2, 0.25) is 0 Å². The second kappa shape index (κ2) is 40.1. The average Bonchev–Trinajstić information content (AvgIpc) is 1.93. The number of nitrogens with one attached hydrogen (secondary N) is 12. The van der Waals surface area contributed by atoms with Gasteiger partial charge in [0.1, 0.15) is 66.1 Å². The minimum atomic E-state index is -2.00. The Labute approximate surface area is 571 Å². The summed E-state index contributed by atoms with van der Waals surface area (Å²) in [5.74, 6) is -16.8. The summed E-state index contributed by atoms with van der Waals surface area (Å²) in [6.45, 7) is 13.4. The molecule has 0 spiro atoms. The van der Waals surface area contributed by atoms with Gasteiger partial charge in [0.05, 0.1) is 19.2 Å². The molecule has 1 saturated heterocycles. The zero-order chi connectivity index (χ0) is 72.9. The van der Waals surface area contributed by atoms with Crippen LogP contribution in [0.5, 0.6) is 0 Å². The minimum Gasteiger partial charge on any atom is -0.481 e. The summed E-state index contributed by atoms with van der Waals surface area (Å²) in [7, 11) is 0. The molecule has 0 aliphatic carbocycles. The molecular weight excluding hydrogens is 1300 g/mol. The highest BCUT2D eigenvalue weighted by Crippen LogP contribution is 2.18. The first kappa shape index (κ1) is 80.7. The molecule has 1 fully saturated rings. The van der Waals surface area contributed by atoms with Gasteiger partial charge in [-0.1, -0.05) is 92.1 Å². The van der Waals surface area contributed by atoms with E-state index in [0.29, 0.717) is 17.7 Å². The Morgan fingerprint density at radius 1 is 0.622 bits per heavy atom. The van der Waals surface area contributed by atoms with Gasteiger partial charge in [-0.3, -0.25) is 71.9 Å². The molecule has 0 saturated carbocycles. The normalized spacial score (nSPS) is 20.4. The van der Waals surface area contributed by atoms with Gasteiger partial charge in [0, 0.05) is 49.0 Å². The third-order valence-electron chi connectivity index (χ3n) is 15.9. The van der Waals surface area contributed by atoms with E-state index in [1.54, 1.807) is 85.7 Å². The molecule has 98 heavy (non-hydrogen) atoms. The van der Waals surface area contributed by atoms with Gasteiger partial charge in [0.15, 0.2) is 10.8 Å². The van der Waals surface area contributed by atoms with Crippen molar-refractivity contribution in [3.63, 3.8) is 0 Å². The van der Waals surface area contributed by atoms with E-state index in [9.17, 15) is 82.1 Å². The van der Waals surface area contributed by atoms with Crippen LogP contribution in [0.25, 0.3) is 0 Å². The van der Waals surface area contributed by atoms with Crippen LogP contribution < -0.4 is 70.0 Å². The second-order valence-electron chi connectivity index (χ2n) is 25.1.